The molecule has 0 radical (unpaired) electrons. The molecular weight excluding hydrogens is 200 g/mol. The third-order valence-corrected chi connectivity index (χ3v) is 3.57. The van der Waals surface area contributed by atoms with Crippen LogP contribution in [0.1, 0.15) is 47.0 Å². The summed E-state index contributed by atoms with van der Waals surface area (Å²) in [7, 11) is 0. The maximum absolute atomic E-state index is 12.3. The van der Waals surface area contributed by atoms with Crippen LogP contribution in [0.3, 0.4) is 0 Å². The van der Waals surface area contributed by atoms with Gasteiger partial charge in [-0.25, -0.2) is 0 Å². The molecule has 1 aliphatic rings. The minimum atomic E-state index is 0.1000. The monoisotopic (exact) mass is 226 g/mol. The Morgan fingerprint density at radius 2 is 1.94 bits per heavy atom. The fraction of sp³-hybridized carbons (Fsp3) is 0.923. The van der Waals surface area contributed by atoms with Crippen molar-refractivity contribution in [1.82, 2.24) is 10.2 Å². The third-order valence-electron chi connectivity index (χ3n) is 3.57. The molecular formula is C13H26N2O. The lowest BCUT2D eigenvalue weighted by Gasteiger charge is -2.40. The Hall–Kier alpha value is -0.570. The zero-order valence-electron chi connectivity index (χ0n) is 11.1. The van der Waals surface area contributed by atoms with Crippen LogP contribution in [0.5, 0.6) is 0 Å². The molecule has 1 saturated heterocycles. The molecule has 3 nitrogen and oxygen atoms in total. The van der Waals surface area contributed by atoms with Gasteiger partial charge in [-0.15, -0.1) is 0 Å². The highest BCUT2D eigenvalue weighted by molar-refractivity contribution is 5.79. The third kappa shape index (κ3) is 3.21. The van der Waals surface area contributed by atoms with Crippen molar-refractivity contribution in [2.75, 3.05) is 13.1 Å². The summed E-state index contributed by atoms with van der Waals surface area (Å²) in [6, 6.07) is 0.834. The van der Waals surface area contributed by atoms with E-state index in [9.17, 15) is 4.79 Å². The number of hydrogen-bond acceptors (Lipinski definition) is 2. The van der Waals surface area contributed by atoms with Gasteiger partial charge in [-0.05, 0) is 39.7 Å². The van der Waals surface area contributed by atoms with Crippen molar-refractivity contribution >= 4 is 5.91 Å². The van der Waals surface area contributed by atoms with Gasteiger partial charge in [-0.3, -0.25) is 4.79 Å². The molecule has 0 aliphatic carbocycles. The van der Waals surface area contributed by atoms with Crippen molar-refractivity contribution in [2.24, 2.45) is 5.92 Å². The van der Waals surface area contributed by atoms with E-state index >= 15 is 0 Å². The summed E-state index contributed by atoms with van der Waals surface area (Å²) in [5.74, 6) is 0.420. The van der Waals surface area contributed by atoms with Crippen molar-refractivity contribution in [2.45, 2.75) is 59.0 Å². The van der Waals surface area contributed by atoms with Crippen molar-refractivity contribution in [3.8, 4) is 0 Å². The van der Waals surface area contributed by atoms with Crippen LogP contribution in [0.15, 0.2) is 0 Å². The molecule has 1 heterocycles. The molecule has 1 fully saturated rings. The molecule has 1 N–H and O–H groups in total. The van der Waals surface area contributed by atoms with Gasteiger partial charge < -0.3 is 10.2 Å². The number of carbonyl (C=O) groups excluding carboxylic acids is 1. The minimum absolute atomic E-state index is 0.1000. The van der Waals surface area contributed by atoms with Crippen molar-refractivity contribution in [3.63, 3.8) is 0 Å². The summed E-state index contributed by atoms with van der Waals surface area (Å²) >= 11 is 0. The number of rotatable bonds is 4. The number of carbonyl (C=O) groups is 1. The maximum atomic E-state index is 12.3. The average Bonchev–Trinajstić information content (AvgIpc) is 2.25. The Morgan fingerprint density at radius 1 is 1.38 bits per heavy atom. The molecule has 0 aromatic rings. The Labute approximate surface area is 99.6 Å². The summed E-state index contributed by atoms with van der Waals surface area (Å²) in [5.41, 5.74) is 0. The van der Waals surface area contributed by atoms with E-state index in [-0.39, 0.29) is 5.92 Å². The zero-order chi connectivity index (χ0) is 12.1. The van der Waals surface area contributed by atoms with Crippen LogP contribution >= 0.6 is 0 Å². The van der Waals surface area contributed by atoms with E-state index in [1.807, 2.05) is 6.92 Å². The number of piperidine rings is 1. The van der Waals surface area contributed by atoms with Gasteiger partial charge in [-0.2, -0.15) is 0 Å². The molecule has 3 heteroatoms. The molecule has 3 atom stereocenters. The summed E-state index contributed by atoms with van der Waals surface area (Å²) in [5, 5.41) is 3.25. The molecule has 1 rings (SSSR count). The number of likely N-dealkylation sites (tertiary alicyclic amines) is 1. The van der Waals surface area contributed by atoms with Gasteiger partial charge >= 0.3 is 0 Å². The Bertz CT molecular complexity index is 220. The number of nitrogens with one attached hydrogen (secondary N) is 1. The lowest BCUT2D eigenvalue weighted by Crippen LogP contribution is -2.50. The smallest absolute Gasteiger partial charge is 0.227 e. The van der Waals surface area contributed by atoms with E-state index in [0.29, 0.717) is 18.0 Å². The van der Waals surface area contributed by atoms with Crippen LogP contribution in [0.4, 0.5) is 0 Å². The highest BCUT2D eigenvalue weighted by Gasteiger charge is 2.31. The van der Waals surface area contributed by atoms with E-state index in [1.54, 1.807) is 0 Å². The lowest BCUT2D eigenvalue weighted by atomic mass is 9.95. The maximum Gasteiger partial charge on any atom is 0.227 e. The Balaban J connectivity index is 2.56. The van der Waals surface area contributed by atoms with Crippen molar-refractivity contribution in [1.29, 1.82) is 0 Å². The number of hydrogen-bond donors (Lipinski definition) is 1. The van der Waals surface area contributed by atoms with Crippen LogP contribution in [0.2, 0.25) is 0 Å². The average molecular weight is 226 g/mol. The van der Waals surface area contributed by atoms with Gasteiger partial charge in [-0.1, -0.05) is 13.8 Å². The molecule has 1 aliphatic heterocycles. The van der Waals surface area contributed by atoms with Gasteiger partial charge in [0.05, 0.1) is 0 Å². The first kappa shape index (κ1) is 13.5. The molecule has 1 amide bonds. The molecule has 0 spiro atoms. The first-order valence-corrected chi connectivity index (χ1v) is 6.60. The molecule has 0 bridgehead atoms. The fourth-order valence-corrected chi connectivity index (χ4v) is 2.56. The standard InChI is InChI=1S/C13H26N2O/c1-5-14-9-10(2)13(16)15-11(3)7-6-8-12(15)4/h10-12,14H,5-9H2,1-4H3/t10?,11-,12+. The predicted molar refractivity (Wildman–Crippen MR) is 67.3 cm³/mol. The second-order valence-electron chi connectivity index (χ2n) is 5.08. The summed E-state index contributed by atoms with van der Waals surface area (Å²) in [6.07, 6.45) is 3.57. The van der Waals surface area contributed by atoms with E-state index in [4.69, 9.17) is 0 Å². The van der Waals surface area contributed by atoms with Gasteiger partial charge in [0.1, 0.15) is 0 Å². The van der Waals surface area contributed by atoms with E-state index in [2.05, 4.69) is 31.0 Å². The normalized spacial score (nSPS) is 27.9. The van der Waals surface area contributed by atoms with Crippen LogP contribution in [0.25, 0.3) is 0 Å². The Morgan fingerprint density at radius 3 is 2.44 bits per heavy atom. The topological polar surface area (TPSA) is 32.3 Å². The van der Waals surface area contributed by atoms with Gasteiger partial charge in [0.15, 0.2) is 0 Å². The number of nitrogens with zero attached hydrogens (tertiary/aromatic N) is 1. The van der Waals surface area contributed by atoms with Crippen molar-refractivity contribution < 1.29 is 4.79 Å². The van der Waals surface area contributed by atoms with Gasteiger partial charge in [0.25, 0.3) is 0 Å². The number of amides is 1. The van der Waals surface area contributed by atoms with Crippen LogP contribution < -0.4 is 5.32 Å². The molecule has 94 valence electrons. The molecule has 16 heavy (non-hydrogen) atoms. The van der Waals surface area contributed by atoms with Gasteiger partial charge in [0, 0.05) is 24.5 Å². The quantitative estimate of drug-likeness (QED) is 0.795. The summed E-state index contributed by atoms with van der Waals surface area (Å²) < 4.78 is 0. The molecule has 0 aromatic carbocycles. The second-order valence-corrected chi connectivity index (χ2v) is 5.08. The highest BCUT2D eigenvalue weighted by Crippen LogP contribution is 2.24. The predicted octanol–water partition coefficient (Wildman–Crippen LogP) is 2.02. The fourth-order valence-electron chi connectivity index (χ4n) is 2.56. The largest absolute Gasteiger partial charge is 0.337 e. The van der Waals surface area contributed by atoms with Crippen LogP contribution in [0, 0.1) is 5.92 Å². The first-order chi connectivity index (χ1) is 7.57. The highest BCUT2D eigenvalue weighted by atomic mass is 16.2. The first-order valence-electron chi connectivity index (χ1n) is 6.60. The van der Waals surface area contributed by atoms with Crippen molar-refractivity contribution in [3.05, 3.63) is 0 Å². The minimum Gasteiger partial charge on any atom is -0.337 e. The summed E-state index contributed by atoms with van der Waals surface area (Å²) in [6.45, 7) is 10.2. The molecule has 1 unspecified atom stereocenters. The van der Waals surface area contributed by atoms with E-state index in [0.717, 1.165) is 25.9 Å². The Kier molecular flexibility index (Phi) is 5.26. The molecule has 0 aromatic heterocycles. The van der Waals surface area contributed by atoms with E-state index < -0.39 is 0 Å². The zero-order valence-corrected chi connectivity index (χ0v) is 11.1. The van der Waals surface area contributed by atoms with E-state index in [1.165, 1.54) is 6.42 Å². The van der Waals surface area contributed by atoms with Crippen LogP contribution in [-0.4, -0.2) is 36.0 Å². The van der Waals surface area contributed by atoms with Crippen LogP contribution in [-0.2, 0) is 4.79 Å². The summed E-state index contributed by atoms with van der Waals surface area (Å²) in [4.78, 5) is 14.4. The lowest BCUT2D eigenvalue weighted by molar-refractivity contribution is -0.141. The SMILES string of the molecule is CCNCC(C)C(=O)N1[C@H](C)CCC[C@@H]1C. The second kappa shape index (κ2) is 6.24. The molecule has 0 saturated carbocycles. The van der Waals surface area contributed by atoms with Gasteiger partial charge in [0.2, 0.25) is 5.91 Å².